The van der Waals surface area contributed by atoms with E-state index < -0.39 is 17.7 Å². The fourth-order valence-corrected chi connectivity index (χ4v) is 1.52. The molecule has 4 N–H and O–H groups in total. The third-order valence-corrected chi connectivity index (χ3v) is 2.38. The van der Waals surface area contributed by atoms with Gasteiger partial charge in [0.05, 0.1) is 7.11 Å². The fourth-order valence-electron chi connectivity index (χ4n) is 1.52. The van der Waals surface area contributed by atoms with Gasteiger partial charge in [-0.3, -0.25) is 0 Å². The van der Waals surface area contributed by atoms with Crippen molar-refractivity contribution in [1.29, 1.82) is 0 Å². The minimum absolute atomic E-state index is 0.103. The zero-order valence-corrected chi connectivity index (χ0v) is 9.17. The van der Waals surface area contributed by atoms with Crippen molar-refractivity contribution < 1.29 is 13.5 Å². The number of methoxy groups -OCH3 is 1. The molecular weight excluding hydrogens is 214 g/mol. The van der Waals surface area contributed by atoms with Crippen LogP contribution in [-0.4, -0.2) is 13.7 Å². The molecule has 1 atom stereocenters. The fraction of sp³-hybridized carbons (Fsp3) is 0.455. The molecule has 0 heterocycles. The number of nitrogens with two attached hydrogens (primary N) is 2. The van der Waals surface area contributed by atoms with Gasteiger partial charge in [0.2, 0.25) is 0 Å². The van der Waals surface area contributed by atoms with E-state index in [-0.39, 0.29) is 11.3 Å². The Morgan fingerprint density at radius 2 is 1.88 bits per heavy atom. The summed E-state index contributed by atoms with van der Waals surface area (Å²) in [6.07, 6.45) is 1.09. The average Bonchev–Trinajstić information content (AvgIpc) is 2.25. The molecule has 0 aliphatic rings. The maximum Gasteiger partial charge on any atom is 0.134 e. The Morgan fingerprint density at radius 1 is 1.31 bits per heavy atom. The summed E-state index contributed by atoms with van der Waals surface area (Å²) in [5.41, 5.74) is 10.9. The van der Waals surface area contributed by atoms with Crippen LogP contribution in [0, 0.1) is 11.6 Å². The molecule has 0 unspecified atom stereocenters. The van der Waals surface area contributed by atoms with Crippen molar-refractivity contribution in [2.75, 3.05) is 13.7 Å². The van der Waals surface area contributed by atoms with Gasteiger partial charge in [0.25, 0.3) is 0 Å². The predicted octanol–water partition coefficient (Wildman–Crippen LogP) is 1.71. The molecule has 0 aliphatic heterocycles. The van der Waals surface area contributed by atoms with Crippen molar-refractivity contribution in [3.05, 3.63) is 29.3 Å². The summed E-state index contributed by atoms with van der Waals surface area (Å²) in [4.78, 5) is 0. The van der Waals surface area contributed by atoms with E-state index >= 15 is 0 Å². The first kappa shape index (κ1) is 12.9. The molecule has 1 rings (SSSR count). The van der Waals surface area contributed by atoms with Gasteiger partial charge in [-0.2, -0.15) is 0 Å². The number of ether oxygens (including phenoxy) is 1. The first-order valence-corrected chi connectivity index (χ1v) is 5.08. The normalized spacial score (nSPS) is 12.6. The zero-order chi connectivity index (χ0) is 12.1. The first-order valence-electron chi connectivity index (χ1n) is 5.08. The summed E-state index contributed by atoms with van der Waals surface area (Å²) in [5, 5.41) is 0. The lowest BCUT2D eigenvalue weighted by Gasteiger charge is -2.14. The largest absolute Gasteiger partial charge is 0.497 e. The molecule has 0 aromatic heterocycles. The Balaban J connectivity index is 2.95. The van der Waals surface area contributed by atoms with Crippen LogP contribution >= 0.6 is 0 Å². The van der Waals surface area contributed by atoms with E-state index in [1.165, 1.54) is 7.11 Å². The van der Waals surface area contributed by atoms with E-state index in [9.17, 15) is 8.78 Å². The van der Waals surface area contributed by atoms with Crippen LogP contribution in [0.1, 0.15) is 24.4 Å². The number of hydrogen-bond acceptors (Lipinski definition) is 3. The van der Waals surface area contributed by atoms with Crippen molar-refractivity contribution in [3.8, 4) is 5.75 Å². The van der Waals surface area contributed by atoms with Crippen molar-refractivity contribution in [2.24, 2.45) is 11.5 Å². The van der Waals surface area contributed by atoms with Crippen molar-refractivity contribution in [1.82, 2.24) is 0 Å². The lowest BCUT2D eigenvalue weighted by molar-refractivity contribution is 0.403. The Hall–Kier alpha value is -1.20. The predicted molar refractivity (Wildman–Crippen MR) is 58.1 cm³/mol. The smallest absolute Gasteiger partial charge is 0.134 e. The summed E-state index contributed by atoms with van der Waals surface area (Å²) in [5.74, 6) is -1.22. The van der Waals surface area contributed by atoms with E-state index in [0.29, 0.717) is 19.4 Å². The van der Waals surface area contributed by atoms with Gasteiger partial charge in [0.1, 0.15) is 17.4 Å². The Kier molecular flexibility index (Phi) is 4.64. The second-order valence-electron chi connectivity index (χ2n) is 3.54. The van der Waals surface area contributed by atoms with E-state index in [1.807, 2.05) is 0 Å². The molecule has 1 aromatic carbocycles. The molecule has 1 aromatic rings. The zero-order valence-electron chi connectivity index (χ0n) is 9.17. The topological polar surface area (TPSA) is 61.3 Å². The standard InChI is InChI=1S/C11H16F2N2O/c1-16-7-5-8(12)11(9(13)6-7)10(15)3-2-4-14/h5-6,10H,2-4,14-15H2,1H3/t10-/m0/s1. The third-order valence-electron chi connectivity index (χ3n) is 2.38. The molecule has 16 heavy (non-hydrogen) atoms. The molecule has 0 saturated carbocycles. The quantitative estimate of drug-likeness (QED) is 0.809. The van der Waals surface area contributed by atoms with Gasteiger partial charge >= 0.3 is 0 Å². The van der Waals surface area contributed by atoms with Crippen LogP contribution in [0.5, 0.6) is 5.75 Å². The molecule has 0 bridgehead atoms. The number of halogens is 2. The van der Waals surface area contributed by atoms with Gasteiger partial charge in [-0.1, -0.05) is 0 Å². The van der Waals surface area contributed by atoms with E-state index in [1.54, 1.807) is 0 Å². The molecule has 0 fully saturated rings. The number of hydrogen-bond donors (Lipinski definition) is 2. The maximum atomic E-state index is 13.5. The van der Waals surface area contributed by atoms with Crippen molar-refractivity contribution in [3.63, 3.8) is 0 Å². The minimum atomic E-state index is -0.679. The Morgan fingerprint density at radius 3 is 2.31 bits per heavy atom. The molecule has 0 spiro atoms. The monoisotopic (exact) mass is 230 g/mol. The van der Waals surface area contributed by atoms with Crippen LogP contribution in [0.15, 0.2) is 12.1 Å². The molecule has 0 saturated heterocycles. The summed E-state index contributed by atoms with van der Waals surface area (Å²) in [6.45, 7) is 0.451. The van der Waals surface area contributed by atoms with Crippen LogP contribution in [0.25, 0.3) is 0 Å². The number of rotatable bonds is 5. The highest BCUT2D eigenvalue weighted by Gasteiger charge is 2.17. The van der Waals surface area contributed by atoms with E-state index in [4.69, 9.17) is 16.2 Å². The first-order chi connectivity index (χ1) is 7.60. The second kappa shape index (κ2) is 5.77. The van der Waals surface area contributed by atoms with Crippen LogP contribution in [0.4, 0.5) is 8.78 Å². The van der Waals surface area contributed by atoms with Crippen molar-refractivity contribution in [2.45, 2.75) is 18.9 Å². The lowest BCUT2D eigenvalue weighted by Crippen LogP contribution is -2.16. The molecule has 0 radical (unpaired) electrons. The second-order valence-corrected chi connectivity index (χ2v) is 3.54. The van der Waals surface area contributed by atoms with Crippen LogP contribution in [-0.2, 0) is 0 Å². The highest BCUT2D eigenvalue weighted by Crippen LogP contribution is 2.26. The highest BCUT2D eigenvalue weighted by molar-refractivity contribution is 5.32. The molecule has 0 aliphatic carbocycles. The van der Waals surface area contributed by atoms with Gasteiger partial charge in [0, 0.05) is 23.7 Å². The lowest BCUT2D eigenvalue weighted by atomic mass is 10.0. The van der Waals surface area contributed by atoms with E-state index in [2.05, 4.69) is 0 Å². The molecule has 0 amide bonds. The SMILES string of the molecule is COc1cc(F)c([C@@H](N)CCCN)c(F)c1. The molecule has 3 nitrogen and oxygen atoms in total. The number of benzene rings is 1. The molecule has 90 valence electrons. The van der Waals surface area contributed by atoms with Crippen LogP contribution in [0.3, 0.4) is 0 Å². The summed E-state index contributed by atoms with van der Waals surface area (Å²) < 4.78 is 31.8. The Bertz CT molecular complexity index is 335. The summed E-state index contributed by atoms with van der Waals surface area (Å²) in [7, 11) is 1.35. The van der Waals surface area contributed by atoms with Gasteiger partial charge < -0.3 is 16.2 Å². The average molecular weight is 230 g/mol. The third kappa shape index (κ3) is 2.90. The minimum Gasteiger partial charge on any atom is -0.497 e. The van der Waals surface area contributed by atoms with Gasteiger partial charge in [0.15, 0.2) is 0 Å². The Labute approximate surface area is 93.4 Å². The molecular formula is C11H16F2N2O. The summed E-state index contributed by atoms with van der Waals surface area (Å²) >= 11 is 0. The van der Waals surface area contributed by atoms with Gasteiger partial charge in [-0.25, -0.2) is 8.78 Å². The molecule has 5 heteroatoms. The highest BCUT2D eigenvalue weighted by atomic mass is 19.1. The van der Waals surface area contributed by atoms with Crippen molar-refractivity contribution >= 4 is 0 Å². The summed E-state index contributed by atoms with van der Waals surface area (Å²) in [6, 6.07) is 1.58. The van der Waals surface area contributed by atoms with Crippen LogP contribution < -0.4 is 16.2 Å². The van der Waals surface area contributed by atoms with Gasteiger partial charge in [-0.05, 0) is 19.4 Å². The maximum absolute atomic E-state index is 13.5. The van der Waals surface area contributed by atoms with E-state index in [0.717, 1.165) is 12.1 Å². The van der Waals surface area contributed by atoms with Gasteiger partial charge in [-0.15, -0.1) is 0 Å². The van der Waals surface area contributed by atoms with Crippen LogP contribution in [0.2, 0.25) is 0 Å².